The zero-order valence-corrected chi connectivity index (χ0v) is 22.0. The maximum atomic E-state index is 12.7. The fraction of sp³-hybridized carbons (Fsp3) is 0.0769. The summed E-state index contributed by atoms with van der Waals surface area (Å²) >= 11 is 0.139. The van der Waals surface area contributed by atoms with Crippen molar-refractivity contribution in [3.63, 3.8) is 0 Å². The number of anilines is 3. The van der Waals surface area contributed by atoms with Crippen molar-refractivity contribution < 1.29 is 9.59 Å². The van der Waals surface area contributed by atoms with Crippen molar-refractivity contribution in [2.45, 2.75) is 13.1 Å². The molecule has 2 aliphatic rings. The van der Waals surface area contributed by atoms with Gasteiger partial charge in [-0.3, -0.25) is 0 Å². The molecule has 2 aromatic carbocycles. The molecule has 32 heavy (non-hydrogen) atoms. The third-order valence-electron chi connectivity index (χ3n) is 6.40. The van der Waals surface area contributed by atoms with Gasteiger partial charge in [0, 0.05) is 0 Å². The average Bonchev–Trinajstić information content (AvgIpc) is 3.51. The standard InChI is InChI=1S/C26H19NO2Se2Si/c1-32(2)22-9-5-3-7-20(22)27(21-8-4-6-10-23(21)32)24-12-11-16(31-24)13-17-25(28)18-14-30-15-19(18)26(17)29/h3-15H,1-2H3. The Kier molecular flexibility index (Phi) is 4.58. The van der Waals surface area contributed by atoms with E-state index in [-0.39, 0.29) is 40.6 Å². The van der Waals surface area contributed by atoms with Gasteiger partial charge in [-0.2, -0.15) is 0 Å². The number of benzene rings is 2. The van der Waals surface area contributed by atoms with E-state index in [1.165, 1.54) is 26.3 Å². The van der Waals surface area contributed by atoms with Crippen LogP contribution in [0, 0.1) is 0 Å². The van der Waals surface area contributed by atoms with E-state index in [0.29, 0.717) is 16.7 Å². The summed E-state index contributed by atoms with van der Waals surface area (Å²) in [4.78, 5) is 31.7. The summed E-state index contributed by atoms with van der Waals surface area (Å²) in [5.41, 5.74) is 4.09. The molecule has 0 saturated heterocycles. The summed E-state index contributed by atoms with van der Waals surface area (Å²) < 4.78 is 2.29. The fourth-order valence-electron chi connectivity index (χ4n) is 4.76. The van der Waals surface area contributed by atoms with E-state index in [2.05, 4.69) is 78.7 Å². The first kappa shape index (κ1) is 20.2. The number of hydrogen-bond donors (Lipinski definition) is 0. The number of allylic oxidation sites excluding steroid dienone is 1. The SMILES string of the molecule is C[Si]1(C)c2ccccc2N(c2ccc(C=C3C(=O)c4c[se]cc4C3=O)[se]2)c2ccccc21. The topological polar surface area (TPSA) is 37.4 Å². The molecular formula is C26H19NO2Se2Si. The number of fused-ring (bicyclic) bond motifs is 3. The first-order valence-electron chi connectivity index (χ1n) is 10.4. The van der Waals surface area contributed by atoms with E-state index in [4.69, 9.17) is 0 Å². The van der Waals surface area contributed by atoms with E-state index in [0.717, 1.165) is 4.44 Å². The van der Waals surface area contributed by atoms with E-state index < -0.39 is 8.07 Å². The molecule has 0 bridgehead atoms. The second-order valence-electron chi connectivity index (χ2n) is 8.59. The zero-order chi connectivity index (χ0) is 22.0. The Bertz CT molecular complexity index is 1380. The van der Waals surface area contributed by atoms with Crippen LogP contribution in [-0.4, -0.2) is 48.6 Å². The maximum absolute atomic E-state index is 12.7. The summed E-state index contributed by atoms with van der Waals surface area (Å²) in [5.74, 6) is -0.209. The van der Waals surface area contributed by atoms with Crippen LogP contribution in [-0.2, 0) is 0 Å². The number of carbonyl (C=O) groups is 2. The second-order valence-corrected chi connectivity index (χ2v) is 16.8. The monoisotopic (exact) mass is 565 g/mol. The number of para-hydroxylation sites is 2. The van der Waals surface area contributed by atoms with Crippen LogP contribution < -0.4 is 15.3 Å². The Hall–Kier alpha value is -2.46. The number of carbonyl (C=O) groups excluding carboxylic acids is 2. The van der Waals surface area contributed by atoms with Crippen molar-refractivity contribution in [1.29, 1.82) is 0 Å². The van der Waals surface area contributed by atoms with Gasteiger partial charge in [0.05, 0.1) is 0 Å². The Morgan fingerprint density at radius 3 is 1.94 bits per heavy atom. The van der Waals surface area contributed by atoms with Gasteiger partial charge in [0.15, 0.2) is 0 Å². The molecule has 4 aromatic rings. The van der Waals surface area contributed by atoms with Gasteiger partial charge in [-0.05, 0) is 0 Å². The van der Waals surface area contributed by atoms with Gasteiger partial charge in [0.25, 0.3) is 0 Å². The molecule has 0 atom stereocenters. The predicted octanol–water partition coefficient (Wildman–Crippen LogP) is 3.87. The third kappa shape index (κ3) is 2.85. The first-order valence-corrected chi connectivity index (χ1v) is 17.1. The summed E-state index contributed by atoms with van der Waals surface area (Å²) in [6.45, 7) is 4.84. The molecule has 0 spiro atoms. The molecule has 0 saturated carbocycles. The average molecular weight is 563 g/mol. The van der Waals surface area contributed by atoms with Crippen LogP contribution in [0.2, 0.25) is 13.1 Å². The number of nitrogens with zero attached hydrogens (tertiary/aromatic N) is 1. The Balaban J connectivity index is 1.46. The molecule has 3 heterocycles. The van der Waals surface area contributed by atoms with Gasteiger partial charge in [-0.25, -0.2) is 0 Å². The summed E-state index contributed by atoms with van der Waals surface area (Å²) in [6.07, 6.45) is 1.83. The number of ketones is 2. The Labute approximate surface area is 199 Å². The van der Waals surface area contributed by atoms with Crippen molar-refractivity contribution >= 4 is 81.0 Å². The number of rotatable bonds is 2. The van der Waals surface area contributed by atoms with Gasteiger partial charge in [0.1, 0.15) is 0 Å². The van der Waals surface area contributed by atoms with Crippen LogP contribution in [0.15, 0.2) is 76.1 Å². The normalized spacial score (nSPS) is 16.1. The van der Waals surface area contributed by atoms with Gasteiger partial charge in [-0.15, -0.1) is 0 Å². The zero-order valence-electron chi connectivity index (χ0n) is 17.6. The molecule has 0 radical (unpaired) electrons. The first-order chi connectivity index (χ1) is 15.5. The van der Waals surface area contributed by atoms with Crippen LogP contribution in [0.5, 0.6) is 0 Å². The van der Waals surface area contributed by atoms with Crippen molar-refractivity contribution in [2.75, 3.05) is 4.90 Å². The molecule has 0 amide bonds. The predicted molar refractivity (Wildman–Crippen MR) is 135 cm³/mol. The van der Waals surface area contributed by atoms with Crippen molar-refractivity contribution in [1.82, 2.24) is 0 Å². The Morgan fingerprint density at radius 2 is 1.34 bits per heavy atom. The molecule has 0 fully saturated rings. The van der Waals surface area contributed by atoms with Gasteiger partial charge >= 0.3 is 200 Å². The van der Waals surface area contributed by atoms with Crippen LogP contribution in [0.25, 0.3) is 6.08 Å². The molecule has 0 N–H and O–H groups in total. The molecule has 6 rings (SSSR count). The van der Waals surface area contributed by atoms with Crippen LogP contribution in [0.1, 0.15) is 25.2 Å². The van der Waals surface area contributed by atoms with Crippen LogP contribution in [0.3, 0.4) is 0 Å². The summed E-state index contributed by atoms with van der Waals surface area (Å²) in [6, 6.07) is 21.7. The van der Waals surface area contributed by atoms with E-state index in [1.807, 2.05) is 16.0 Å². The summed E-state index contributed by atoms with van der Waals surface area (Å²) in [5, 5.41) is 2.88. The minimum absolute atomic E-state index is 0.00121. The molecule has 1 aliphatic heterocycles. The molecule has 2 aromatic heterocycles. The van der Waals surface area contributed by atoms with Crippen LogP contribution >= 0.6 is 0 Å². The molecule has 6 heteroatoms. The van der Waals surface area contributed by atoms with E-state index in [9.17, 15) is 9.59 Å². The number of hydrogen-bond acceptors (Lipinski definition) is 3. The minimum atomic E-state index is -1.79. The summed E-state index contributed by atoms with van der Waals surface area (Å²) in [7, 11) is -1.79. The third-order valence-corrected chi connectivity index (χ3v) is 13.6. The van der Waals surface area contributed by atoms with Crippen molar-refractivity contribution in [2.24, 2.45) is 0 Å². The molecule has 0 unspecified atom stereocenters. The number of Topliss-reactive ketones (excluding diaryl/α,β-unsaturated/α-hetero) is 2. The van der Waals surface area contributed by atoms with Gasteiger partial charge in [-0.1, -0.05) is 0 Å². The van der Waals surface area contributed by atoms with Crippen LogP contribution in [0.4, 0.5) is 15.9 Å². The Morgan fingerprint density at radius 1 is 0.781 bits per heavy atom. The quantitative estimate of drug-likeness (QED) is 0.211. The van der Waals surface area contributed by atoms with E-state index >= 15 is 0 Å². The van der Waals surface area contributed by atoms with Crippen molar-refractivity contribution in [3.8, 4) is 0 Å². The molecular weight excluding hydrogens is 544 g/mol. The molecule has 1 aliphatic carbocycles. The van der Waals surface area contributed by atoms with Crippen molar-refractivity contribution in [3.05, 3.63) is 91.7 Å². The van der Waals surface area contributed by atoms with E-state index in [1.54, 1.807) is 0 Å². The van der Waals surface area contributed by atoms with Gasteiger partial charge in [0.2, 0.25) is 0 Å². The second kappa shape index (κ2) is 7.27. The molecule has 3 nitrogen and oxygen atoms in total. The molecule has 156 valence electrons. The fourth-order valence-corrected chi connectivity index (χ4v) is 11.5. The van der Waals surface area contributed by atoms with Gasteiger partial charge < -0.3 is 0 Å².